The molecule has 19 heavy (non-hydrogen) atoms. The number of nitrogens with one attached hydrogen (secondary N) is 2. The van der Waals surface area contributed by atoms with Crippen molar-refractivity contribution in [1.29, 1.82) is 0 Å². The largest absolute Gasteiger partial charge is 0.495 e. The lowest BCUT2D eigenvalue weighted by molar-refractivity contribution is 0.262. The normalized spacial score (nSPS) is 10.1. The van der Waals surface area contributed by atoms with Gasteiger partial charge in [0.15, 0.2) is 0 Å². The summed E-state index contributed by atoms with van der Waals surface area (Å²) in [7, 11) is 1.53. The lowest BCUT2D eigenvalue weighted by Gasteiger charge is -2.10. The Bertz CT molecular complexity index is 600. The Kier molecular flexibility index (Phi) is 4.24. The average Bonchev–Trinajstić information content (AvgIpc) is 2.75. The molecule has 1 aromatic heterocycles. The second-order valence-electron chi connectivity index (χ2n) is 3.76. The summed E-state index contributed by atoms with van der Waals surface area (Å²) >= 11 is 7.11. The highest BCUT2D eigenvalue weighted by atomic mass is 35.5. The molecule has 0 atom stereocenters. The number of ether oxygens (including phenoxy) is 1. The van der Waals surface area contributed by atoms with Gasteiger partial charge in [0.1, 0.15) is 10.8 Å². The first-order valence-electron chi connectivity index (χ1n) is 5.43. The van der Waals surface area contributed by atoms with Crippen molar-refractivity contribution in [3.63, 3.8) is 0 Å². The SMILES string of the molecule is COc1ccc(Cl)cc1NC(=O)Nc1cc(C)ns1. The van der Waals surface area contributed by atoms with Crippen molar-refractivity contribution < 1.29 is 9.53 Å². The molecule has 0 bridgehead atoms. The lowest BCUT2D eigenvalue weighted by atomic mass is 10.3. The molecule has 0 radical (unpaired) electrons. The van der Waals surface area contributed by atoms with Gasteiger partial charge in [-0.1, -0.05) is 11.6 Å². The number of carbonyl (C=O) groups excluding carboxylic acids is 1. The van der Waals surface area contributed by atoms with Gasteiger partial charge in [0.2, 0.25) is 0 Å². The second kappa shape index (κ2) is 5.90. The topological polar surface area (TPSA) is 63.2 Å². The summed E-state index contributed by atoms with van der Waals surface area (Å²) in [6, 6.07) is 6.42. The van der Waals surface area contributed by atoms with Crippen LogP contribution in [0.3, 0.4) is 0 Å². The summed E-state index contributed by atoms with van der Waals surface area (Å²) in [5, 5.41) is 6.56. The zero-order valence-electron chi connectivity index (χ0n) is 10.4. The van der Waals surface area contributed by atoms with E-state index in [1.807, 2.05) is 6.92 Å². The maximum atomic E-state index is 11.8. The van der Waals surface area contributed by atoms with Crippen LogP contribution < -0.4 is 15.4 Å². The second-order valence-corrected chi connectivity index (χ2v) is 5.00. The molecular formula is C12H12ClN3O2S. The minimum atomic E-state index is -0.371. The van der Waals surface area contributed by atoms with Gasteiger partial charge in [0, 0.05) is 5.02 Å². The maximum Gasteiger partial charge on any atom is 0.324 e. The number of aryl methyl sites for hydroxylation is 1. The Morgan fingerprint density at radius 2 is 2.16 bits per heavy atom. The van der Waals surface area contributed by atoms with Crippen molar-refractivity contribution in [2.24, 2.45) is 0 Å². The number of anilines is 2. The molecule has 2 aromatic rings. The molecule has 0 aliphatic heterocycles. The standard InChI is InChI=1S/C12H12ClN3O2S/c1-7-5-11(19-16-7)15-12(17)14-9-6-8(13)3-4-10(9)18-2/h3-6H,1-2H3,(H2,14,15,17). The first kappa shape index (κ1) is 13.6. The maximum absolute atomic E-state index is 11.8. The zero-order chi connectivity index (χ0) is 13.8. The van der Waals surface area contributed by atoms with E-state index in [2.05, 4.69) is 15.0 Å². The van der Waals surface area contributed by atoms with E-state index in [1.54, 1.807) is 24.3 Å². The number of benzene rings is 1. The number of nitrogens with zero attached hydrogens (tertiary/aromatic N) is 1. The van der Waals surface area contributed by atoms with Gasteiger partial charge in [0.25, 0.3) is 0 Å². The molecule has 0 unspecified atom stereocenters. The van der Waals surface area contributed by atoms with E-state index in [-0.39, 0.29) is 6.03 Å². The van der Waals surface area contributed by atoms with E-state index in [9.17, 15) is 4.79 Å². The highest BCUT2D eigenvalue weighted by Crippen LogP contribution is 2.28. The summed E-state index contributed by atoms with van der Waals surface area (Å²) in [6.07, 6.45) is 0. The van der Waals surface area contributed by atoms with Gasteiger partial charge in [-0.3, -0.25) is 5.32 Å². The number of methoxy groups -OCH3 is 1. The third-order valence-corrected chi connectivity index (χ3v) is 3.31. The fourth-order valence-corrected chi connectivity index (χ4v) is 2.29. The Morgan fingerprint density at radius 1 is 1.37 bits per heavy atom. The molecule has 2 N–H and O–H groups in total. The number of halogens is 1. The number of urea groups is 1. The predicted octanol–water partition coefficient (Wildman–Crippen LogP) is 3.76. The first-order chi connectivity index (χ1) is 9.08. The van der Waals surface area contributed by atoms with Crippen molar-refractivity contribution in [3.05, 3.63) is 35.0 Å². The van der Waals surface area contributed by atoms with Crippen molar-refractivity contribution >= 4 is 39.9 Å². The van der Waals surface area contributed by atoms with Crippen LogP contribution in [0.2, 0.25) is 5.02 Å². The highest BCUT2D eigenvalue weighted by molar-refractivity contribution is 7.10. The summed E-state index contributed by atoms with van der Waals surface area (Å²) in [5.41, 5.74) is 1.37. The van der Waals surface area contributed by atoms with Gasteiger partial charge < -0.3 is 10.1 Å². The van der Waals surface area contributed by atoms with Crippen LogP contribution in [0.4, 0.5) is 15.5 Å². The Balaban J connectivity index is 2.08. The third kappa shape index (κ3) is 3.59. The van der Waals surface area contributed by atoms with Crippen molar-refractivity contribution in [2.45, 2.75) is 6.92 Å². The van der Waals surface area contributed by atoms with E-state index in [0.717, 1.165) is 5.69 Å². The Labute approximate surface area is 119 Å². The third-order valence-electron chi connectivity index (χ3n) is 2.27. The molecule has 1 heterocycles. The molecule has 2 amide bonds. The van der Waals surface area contributed by atoms with Gasteiger partial charge in [-0.05, 0) is 42.7 Å². The number of amides is 2. The lowest BCUT2D eigenvalue weighted by Crippen LogP contribution is -2.19. The van der Waals surface area contributed by atoms with Crippen LogP contribution in [0.15, 0.2) is 24.3 Å². The molecular weight excluding hydrogens is 286 g/mol. The molecule has 100 valence electrons. The van der Waals surface area contributed by atoms with Crippen molar-refractivity contribution in [2.75, 3.05) is 17.7 Å². The van der Waals surface area contributed by atoms with E-state index in [1.165, 1.54) is 18.6 Å². The van der Waals surface area contributed by atoms with Crippen LogP contribution in [-0.2, 0) is 0 Å². The number of hydrogen-bond donors (Lipinski definition) is 2. The van der Waals surface area contributed by atoms with Crippen LogP contribution in [-0.4, -0.2) is 17.5 Å². The number of carbonyl (C=O) groups is 1. The summed E-state index contributed by atoms with van der Waals surface area (Å²) in [6.45, 7) is 1.86. The van der Waals surface area contributed by atoms with E-state index in [0.29, 0.717) is 21.5 Å². The molecule has 1 aromatic carbocycles. The Hall–Kier alpha value is -1.79. The minimum Gasteiger partial charge on any atom is -0.495 e. The van der Waals surface area contributed by atoms with Gasteiger partial charge >= 0.3 is 6.03 Å². The highest BCUT2D eigenvalue weighted by Gasteiger charge is 2.09. The average molecular weight is 298 g/mol. The van der Waals surface area contributed by atoms with Crippen LogP contribution >= 0.6 is 23.1 Å². The van der Waals surface area contributed by atoms with Gasteiger partial charge in [-0.25, -0.2) is 4.79 Å². The monoisotopic (exact) mass is 297 g/mol. The van der Waals surface area contributed by atoms with Crippen LogP contribution in [0, 0.1) is 6.92 Å². The van der Waals surface area contributed by atoms with E-state index < -0.39 is 0 Å². The van der Waals surface area contributed by atoms with Crippen LogP contribution in [0.25, 0.3) is 0 Å². The van der Waals surface area contributed by atoms with Crippen molar-refractivity contribution in [1.82, 2.24) is 4.37 Å². The molecule has 0 aliphatic rings. The summed E-state index contributed by atoms with van der Waals surface area (Å²) < 4.78 is 9.22. The summed E-state index contributed by atoms with van der Waals surface area (Å²) in [5.74, 6) is 0.542. The fraction of sp³-hybridized carbons (Fsp3) is 0.167. The molecule has 0 spiro atoms. The number of hydrogen-bond acceptors (Lipinski definition) is 4. The molecule has 7 heteroatoms. The van der Waals surface area contributed by atoms with Crippen molar-refractivity contribution in [3.8, 4) is 5.75 Å². The van der Waals surface area contributed by atoms with E-state index in [4.69, 9.17) is 16.3 Å². The predicted molar refractivity (Wildman–Crippen MR) is 77.5 cm³/mol. The number of rotatable bonds is 3. The van der Waals surface area contributed by atoms with E-state index >= 15 is 0 Å². The molecule has 0 saturated carbocycles. The molecule has 0 aliphatic carbocycles. The Morgan fingerprint density at radius 3 is 2.79 bits per heavy atom. The van der Waals surface area contributed by atoms with Crippen LogP contribution in [0.5, 0.6) is 5.75 Å². The first-order valence-corrected chi connectivity index (χ1v) is 6.58. The summed E-state index contributed by atoms with van der Waals surface area (Å²) in [4.78, 5) is 11.8. The molecule has 5 nitrogen and oxygen atoms in total. The fourth-order valence-electron chi connectivity index (χ4n) is 1.47. The number of aromatic nitrogens is 1. The molecule has 0 fully saturated rings. The van der Waals surface area contributed by atoms with Crippen LogP contribution in [0.1, 0.15) is 5.69 Å². The van der Waals surface area contributed by atoms with Gasteiger partial charge in [0.05, 0.1) is 18.5 Å². The quantitative estimate of drug-likeness (QED) is 0.906. The molecule has 2 rings (SSSR count). The molecule has 0 saturated heterocycles. The zero-order valence-corrected chi connectivity index (χ0v) is 11.9. The smallest absolute Gasteiger partial charge is 0.324 e. The van der Waals surface area contributed by atoms with Gasteiger partial charge in [-0.2, -0.15) is 4.37 Å². The van der Waals surface area contributed by atoms with Gasteiger partial charge in [-0.15, -0.1) is 0 Å². The minimum absolute atomic E-state index is 0.371.